The molecule has 2 saturated heterocycles. The van der Waals surface area contributed by atoms with Gasteiger partial charge in [-0.2, -0.15) is 0 Å². The van der Waals surface area contributed by atoms with Crippen LogP contribution in [0, 0.1) is 17.8 Å². The summed E-state index contributed by atoms with van der Waals surface area (Å²) in [6.07, 6.45) is 1.19. The highest BCUT2D eigenvalue weighted by Gasteiger charge is 2.34. The molecule has 2 aliphatic heterocycles. The molecular weight excluding hydrogens is 220 g/mol. The van der Waals surface area contributed by atoms with Crippen LogP contribution in [-0.4, -0.2) is 48.1 Å². The van der Waals surface area contributed by atoms with Gasteiger partial charge in [-0.3, -0.25) is 9.59 Å². The molecule has 0 aromatic heterocycles. The zero-order valence-electron chi connectivity index (χ0n) is 10.2. The van der Waals surface area contributed by atoms with Gasteiger partial charge in [0.25, 0.3) is 0 Å². The minimum Gasteiger partial charge on any atom is -0.481 e. The van der Waals surface area contributed by atoms with Gasteiger partial charge in [0.2, 0.25) is 5.91 Å². The molecule has 2 rings (SSSR count). The van der Waals surface area contributed by atoms with Crippen molar-refractivity contribution in [2.75, 3.05) is 26.2 Å². The van der Waals surface area contributed by atoms with E-state index in [-0.39, 0.29) is 17.7 Å². The number of nitrogens with zero attached hydrogens (tertiary/aromatic N) is 1. The standard InChI is InChI=1S/C12H20N2O3/c1-8(10-6-13-7-10)11(15)14-4-2-9(3-5-14)12(16)17/h8-10,13H,2-7H2,1H3,(H,16,17). The molecule has 2 fully saturated rings. The van der Waals surface area contributed by atoms with E-state index in [9.17, 15) is 9.59 Å². The quantitative estimate of drug-likeness (QED) is 0.737. The average molecular weight is 240 g/mol. The molecule has 1 amide bonds. The van der Waals surface area contributed by atoms with E-state index in [1.54, 1.807) is 0 Å². The van der Waals surface area contributed by atoms with Crippen LogP contribution in [0.5, 0.6) is 0 Å². The van der Waals surface area contributed by atoms with Crippen LogP contribution < -0.4 is 5.32 Å². The molecule has 2 heterocycles. The molecule has 5 nitrogen and oxygen atoms in total. The van der Waals surface area contributed by atoms with E-state index in [1.807, 2.05) is 11.8 Å². The lowest BCUT2D eigenvalue weighted by Crippen LogP contribution is -2.51. The van der Waals surface area contributed by atoms with Gasteiger partial charge >= 0.3 is 5.97 Å². The monoisotopic (exact) mass is 240 g/mol. The summed E-state index contributed by atoms with van der Waals surface area (Å²) in [6.45, 7) is 5.04. The highest BCUT2D eigenvalue weighted by Crippen LogP contribution is 2.23. The predicted molar refractivity (Wildman–Crippen MR) is 62.5 cm³/mol. The van der Waals surface area contributed by atoms with Crippen molar-refractivity contribution in [2.24, 2.45) is 17.8 Å². The normalized spacial score (nSPS) is 24.2. The summed E-state index contributed by atoms with van der Waals surface area (Å²) in [6, 6.07) is 0. The maximum atomic E-state index is 12.2. The van der Waals surface area contributed by atoms with Crippen LogP contribution in [0.1, 0.15) is 19.8 Å². The Morgan fingerprint density at radius 2 is 1.88 bits per heavy atom. The summed E-state index contributed by atoms with van der Waals surface area (Å²) in [5.41, 5.74) is 0. The fourth-order valence-electron chi connectivity index (χ4n) is 2.50. The van der Waals surface area contributed by atoms with E-state index < -0.39 is 5.97 Å². The highest BCUT2D eigenvalue weighted by atomic mass is 16.4. The molecule has 5 heteroatoms. The number of carboxylic acid groups (broad SMARTS) is 1. The first kappa shape index (κ1) is 12.4. The second-order valence-corrected chi connectivity index (χ2v) is 5.14. The van der Waals surface area contributed by atoms with E-state index >= 15 is 0 Å². The van der Waals surface area contributed by atoms with Crippen molar-refractivity contribution in [3.05, 3.63) is 0 Å². The number of nitrogens with one attached hydrogen (secondary N) is 1. The van der Waals surface area contributed by atoms with E-state index in [0.717, 1.165) is 13.1 Å². The van der Waals surface area contributed by atoms with E-state index in [0.29, 0.717) is 31.8 Å². The van der Waals surface area contributed by atoms with Gasteiger partial charge in [0.05, 0.1) is 5.92 Å². The van der Waals surface area contributed by atoms with Crippen molar-refractivity contribution in [1.82, 2.24) is 10.2 Å². The molecule has 1 unspecified atom stereocenters. The van der Waals surface area contributed by atoms with E-state index in [1.165, 1.54) is 0 Å². The van der Waals surface area contributed by atoms with Crippen LogP contribution in [0.2, 0.25) is 0 Å². The lowest BCUT2D eigenvalue weighted by Gasteiger charge is -2.37. The predicted octanol–water partition coefficient (Wildman–Crippen LogP) is 0.165. The molecule has 2 aliphatic rings. The van der Waals surface area contributed by atoms with Crippen molar-refractivity contribution in [2.45, 2.75) is 19.8 Å². The Morgan fingerprint density at radius 3 is 2.29 bits per heavy atom. The summed E-state index contributed by atoms with van der Waals surface area (Å²) in [5, 5.41) is 12.1. The number of rotatable bonds is 3. The Bertz CT molecular complexity index is 307. The molecule has 2 N–H and O–H groups in total. The summed E-state index contributed by atoms with van der Waals surface area (Å²) in [4.78, 5) is 24.8. The van der Waals surface area contributed by atoms with Crippen LogP contribution >= 0.6 is 0 Å². The lowest BCUT2D eigenvalue weighted by atomic mass is 9.87. The van der Waals surface area contributed by atoms with Crippen molar-refractivity contribution >= 4 is 11.9 Å². The maximum Gasteiger partial charge on any atom is 0.306 e. The van der Waals surface area contributed by atoms with Gasteiger partial charge < -0.3 is 15.3 Å². The largest absolute Gasteiger partial charge is 0.481 e. The molecule has 96 valence electrons. The number of hydrogen-bond donors (Lipinski definition) is 2. The van der Waals surface area contributed by atoms with Gasteiger partial charge in [-0.05, 0) is 31.8 Å². The van der Waals surface area contributed by atoms with Crippen molar-refractivity contribution in [3.63, 3.8) is 0 Å². The highest BCUT2D eigenvalue weighted by molar-refractivity contribution is 5.79. The first-order valence-corrected chi connectivity index (χ1v) is 6.32. The van der Waals surface area contributed by atoms with Gasteiger partial charge in [0.1, 0.15) is 0 Å². The molecule has 0 spiro atoms. The molecule has 17 heavy (non-hydrogen) atoms. The number of hydrogen-bond acceptors (Lipinski definition) is 3. The smallest absolute Gasteiger partial charge is 0.306 e. The third-order valence-electron chi connectivity index (χ3n) is 4.07. The second-order valence-electron chi connectivity index (χ2n) is 5.14. The zero-order chi connectivity index (χ0) is 12.4. The molecule has 0 aromatic rings. The van der Waals surface area contributed by atoms with Crippen molar-refractivity contribution in [3.8, 4) is 0 Å². The summed E-state index contributed by atoms with van der Waals surface area (Å²) >= 11 is 0. The fourth-order valence-corrected chi connectivity index (χ4v) is 2.50. The number of aliphatic carboxylic acids is 1. The van der Waals surface area contributed by atoms with Gasteiger partial charge in [-0.1, -0.05) is 6.92 Å². The summed E-state index contributed by atoms with van der Waals surface area (Å²) < 4.78 is 0. The Balaban J connectivity index is 1.83. The minimum absolute atomic E-state index is 0.0672. The average Bonchev–Trinajstić information content (AvgIpc) is 2.25. The van der Waals surface area contributed by atoms with E-state index in [4.69, 9.17) is 5.11 Å². The fraction of sp³-hybridized carbons (Fsp3) is 0.833. The van der Waals surface area contributed by atoms with Crippen molar-refractivity contribution in [1.29, 1.82) is 0 Å². The summed E-state index contributed by atoms with van der Waals surface area (Å²) in [7, 11) is 0. The Kier molecular flexibility index (Phi) is 3.66. The summed E-state index contributed by atoms with van der Waals surface area (Å²) in [5.74, 6) is -0.272. The van der Waals surface area contributed by atoms with Gasteiger partial charge in [0.15, 0.2) is 0 Å². The Hall–Kier alpha value is -1.10. The number of carboxylic acids is 1. The Morgan fingerprint density at radius 1 is 1.29 bits per heavy atom. The number of carbonyl (C=O) groups is 2. The number of likely N-dealkylation sites (tertiary alicyclic amines) is 1. The first-order chi connectivity index (χ1) is 8.09. The number of carbonyl (C=O) groups excluding carboxylic acids is 1. The van der Waals surface area contributed by atoms with E-state index in [2.05, 4.69) is 5.32 Å². The van der Waals surface area contributed by atoms with Crippen LogP contribution in [0.15, 0.2) is 0 Å². The Labute approximate surface area is 101 Å². The molecule has 0 bridgehead atoms. The van der Waals surface area contributed by atoms with Crippen LogP contribution in [0.25, 0.3) is 0 Å². The molecule has 1 atom stereocenters. The number of amides is 1. The number of piperidine rings is 1. The SMILES string of the molecule is CC(C(=O)N1CCC(C(=O)O)CC1)C1CNC1. The molecule has 0 radical (unpaired) electrons. The van der Waals surface area contributed by atoms with Crippen LogP contribution in [-0.2, 0) is 9.59 Å². The molecule has 0 saturated carbocycles. The van der Waals surface area contributed by atoms with Gasteiger partial charge in [-0.25, -0.2) is 0 Å². The van der Waals surface area contributed by atoms with Gasteiger partial charge in [-0.15, -0.1) is 0 Å². The third kappa shape index (κ3) is 2.60. The zero-order valence-corrected chi connectivity index (χ0v) is 10.2. The molecular formula is C12H20N2O3. The van der Waals surface area contributed by atoms with Gasteiger partial charge in [0, 0.05) is 19.0 Å². The molecule has 0 aliphatic carbocycles. The lowest BCUT2D eigenvalue weighted by molar-refractivity contribution is -0.147. The maximum absolute atomic E-state index is 12.2. The topological polar surface area (TPSA) is 69.6 Å². The van der Waals surface area contributed by atoms with Crippen LogP contribution in [0.3, 0.4) is 0 Å². The molecule has 0 aromatic carbocycles. The minimum atomic E-state index is -0.728. The first-order valence-electron chi connectivity index (χ1n) is 6.32. The second kappa shape index (κ2) is 5.04. The van der Waals surface area contributed by atoms with Crippen molar-refractivity contribution < 1.29 is 14.7 Å². The third-order valence-corrected chi connectivity index (χ3v) is 4.07. The van der Waals surface area contributed by atoms with Crippen LogP contribution in [0.4, 0.5) is 0 Å².